The molecule has 0 saturated heterocycles. The highest BCUT2D eigenvalue weighted by Crippen LogP contribution is 1.97. The molecule has 0 aromatic carbocycles. The zero-order chi connectivity index (χ0) is 5.70. The van der Waals surface area contributed by atoms with E-state index in [1.165, 1.54) is 0 Å². The summed E-state index contributed by atoms with van der Waals surface area (Å²) >= 11 is 0. The van der Waals surface area contributed by atoms with E-state index in [1.807, 2.05) is 13.8 Å². The summed E-state index contributed by atoms with van der Waals surface area (Å²) in [7, 11) is 0. The molecule has 1 heteroatoms. The van der Waals surface area contributed by atoms with Gasteiger partial charge in [-0.25, -0.2) is 0 Å². The minimum absolute atomic E-state index is 0.502. The monoisotopic (exact) mass is 100 g/mol. The Balaban J connectivity index is 3.17. The quantitative estimate of drug-likeness (QED) is 0.527. The molecular weight excluding hydrogens is 88.1 g/mol. The summed E-state index contributed by atoms with van der Waals surface area (Å²) in [4.78, 5) is 0. The average molecular weight is 100 g/mol. The predicted molar refractivity (Wildman–Crippen MR) is 31.3 cm³/mol. The van der Waals surface area contributed by atoms with Gasteiger partial charge < -0.3 is 5.11 Å². The van der Waals surface area contributed by atoms with E-state index < -0.39 is 0 Å². The van der Waals surface area contributed by atoms with Gasteiger partial charge in [-0.3, -0.25) is 0 Å². The summed E-state index contributed by atoms with van der Waals surface area (Å²) in [6.45, 7) is 3.88. The Morgan fingerprint density at radius 1 is 1.71 bits per heavy atom. The molecule has 0 amide bonds. The molecule has 0 rings (SSSR count). The lowest BCUT2D eigenvalue weighted by atomic mass is 10.3. The van der Waals surface area contributed by atoms with Crippen LogP contribution in [0.2, 0.25) is 0 Å². The topological polar surface area (TPSA) is 20.2 Å². The molecule has 0 radical (unpaired) electrons. The summed E-state index contributed by atoms with van der Waals surface area (Å²) in [5, 5.41) is 8.72. The largest absolute Gasteiger partial charge is 0.513 e. The summed E-state index contributed by atoms with van der Waals surface area (Å²) in [5.74, 6) is 0.502. The SMILES string of the molecule is CC=C(O)CCC. The number of aliphatic hydroxyl groups is 1. The average Bonchev–Trinajstić information content (AvgIpc) is 1.68. The van der Waals surface area contributed by atoms with Crippen LogP contribution < -0.4 is 0 Å². The Kier molecular flexibility index (Phi) is 3.48. The van der Waals surface area contributed by atoms with Gasteiger partial charge in [0.2, 0.25) is 0 Å². The third kappa shape index (κ3) is 3.37. The first-order valence-corrected chi connectivity index (χ1v) is 2.65. The van der Waals surface area contributed by atoms with Crippen molar-refractivity contribution in [2.45, 2.75) is 26.7 Å². The second-order valence-corrected chi connectivity index (χ2v) is 1.53. The summed E-state index contributed by atoms with van der Waals surface area (Å²) in [6, 6.07) is 0. The van der Waals surface area contributed by atoms with E-state index in [4.69, 9.17) is 5.11 Å². The van der Waals surface area contributed by atoms with Crippen LogP contribution in [-0.2, 0) is 0 Å². The molecule has 0 fully saturated rings. The fourth-order valence-corrected chi connectivity index (χ4v) is 0.400. The maximum Gasteiger partial charge on any atom is 0.0879 e. The molecule has 42 valence electrons. The van der Waals surface area contributed by atoms with Crippen molar-refractivity contribution in [2.75, 3.05) is 0 Å². The first kappa shape index (κ1) is 6.54. The summed E-state index contributed by atoms with van der Waals surface area (Å²) < 4.78 is 0. The van der Waals surface area contributed by atoms with Crippen LogP contribution in [0, 0.1) is 0 Å². The molecule has 0 bridgehead atoms. The molecule has 0 aromatic heterocycles. The molecule has 0 aromatic rings. The Morgan fingerprint density at radius 2 is 2.29 bits per heavy atom. The van der Waals surface area contributed by atoms with Crippen LogP contribution >= 0.6 is 0 Å². The molecule has 1 N–H and O–H groups in total. The third-order valence-electron chi connectivity index (χ3n) is 0.839. The highest BCUT2D eigenvalue weighted by atomic mass is 16.3. The van der Waals surface area contributed by atoms with Crippen LogP contribution in [0.3, 0.4) is 0 Å². The fourth-order valence-electron chi connectivity index (χ4n) is 0.400. The minimum Gasteiger partial charge on any atom is -0.513 e. The van der Waals surface area contributed by atoms with Crippen LogP contribution in [0.5, 0.6) is 0 Å². The number of aliphatic hydroxyl groups excluding tert-OH is 1. The zero-order valence-corrected chi connectivity index (χ0v) is 4.94. The molecule has 0 aliphatic heterocycles. The molecule has 0 heterocycles. The third-order valence-corrected chi connectivity index (χ3v) is 0.839. The van der Waals surface area contributed by atoms with Crippen molar-refractivity contribution in [1.29, 1.82) is 0 Å². The lowest BCUT2D eigenvalue weighted by molar-refractivity contribution is 0.385. The van der Waals surface area contributed by atoms with Gasteiger partial charge in [-0.2, -0.15) is 0 Å². The maximum absolute atomic E-state index is 8.72. The minimum atomic E-state index is 0.502. The van der Waals surface area contributed by atoms with E-state index in [2.05, 4.69) is 0 Å². The van der Waals surface area contributed by atoms with Crippen LogP contribution in [0.15, 0.2) is 11.8 Å². The summed E-state index contributed by atoms with van der Waals surface area (Å²) in [5.41, 5.74) is 0. The molecule has 0 saturated carbocycles. The lowest BCUT2D eigenvalue weighted by Gasteiger charge is -1.90. The van der Waals surface area contributed by atoms with Gasteiger partial charge in [0.15, 0.2) is 0 Å². The van der Waals surface area contributed by atoms with Gasteiger partial charge in [0.25, 0.3) is 0 Å². The van der Waals surface area contributed by atoms with Gasteiger partial charge in [-0.15, -0.1) is 0 Å². The van der Waals surface area contributed by atoms with Crippen LogP contribution in [0.25, 0.3) is 0 Å². The standard InChI is InChI=1S/C6H12O/c1-3-5-6(7)4-2/h4,7H,3,5H2,1-2H3. The van der Waals surface area contributed by atoms with Crippen molar-refractivity contribution in [3.63, 3.8) is 0 Å². The van der Waals surface area contributed by atoms with Crippen LogP contribution in [-0.4, -0.2) is 5.11 Å². The van der Waals surface area contributed by atoms with E-state index in [0.717, 1.165) is 12.8 Å². The van der Waals surface area contributed by atoms with Crippen molar-refractivity contribution in [3.05, 3.63) is 11.8 Å². The molecule has 0 aliphatic carbocycles. The van der Waals surface area contributed by atoms with Gasteiger partial charge in [0.1, 0.15) is 0 Å². The van der Waals surface area contributed by atoms with Crippen molar-refractivity contribution >= 4 is 0 Å². The van der Waals surface area contributed by atoms with Gasteiger partial charge in [-0.1, -0.05) is 6.92 Å². The van der Waals surface area contributed by atoms with E-state index in [-0.39, 0.29) is 0 Å². The normalized spacial score (nSPS) is 12.0. The molecule has 0 atom stereocenters. The van der Waals surface area contributed by atoms with Crippen LogP contribution in [0.4, 0.5) is 0 Å². The van der Waals surface area contributed by atoms with E-state index in [9.17, 15) is 0 Å². The Hall–Kier alpha value is -0.460. The highest BCUT2D eigenvalue weighted by Gasteiger charge is 1.83. The number of hydrogen-bond donors (Lipinski definition) is 1. The number of allylic oxidation sites excluding steroid dienone is 2. The number of rotatable bonds is 2. The van der Waals surface area contributed by atoms with Gasteiger partial charge >= 0.3 is 0 Å². The van der Waals surface area contributed by atoms with Crippen molar-refractivity contribution in [1.82, 2.24) is 0 Å². The van der Waals surface area contributed by atoms with Crippen molar-refractivity contribution < 1.29 is 5.11 Å². The fraction of sp³-hybridized carbons (Fsp3) is 0.667. The highest BCUT2D eigenvalue weighted by molar-refractivity contribution is 4.86. The summed E-state index contributed by atoms with van der Waals surface area (Å²) in [6.07, 6.45) is 3.57. The maximum atomic E-state index is 8.72. The van der Waals surface area contributed by atoms with Gasteiger partial charge in [0.05, 0.1) is 5.76 Å². The first-order valence-electron chi connectivity index (χ1n) is 2.65. The Morgan fingerprint density at radius 3 is 2.43 bits per heavy atom. The zero-order valence-electron chi connectivity index (χ0n) is 4.94. The van der Waals surface area contributed by atoms with Crippen molar-refractivity contribution in [2.24, 2.45) is 0 Å². The molecule has 0 aliphatic rings. The second-order valence-electron chi connectivity index (χ2n) is 1.53. The molecular formula is C6H12O. The predicted octanol–water partition coefficient (Wildman–Crippen LogP) is 2.25. The Bertz CT molecular complexity index is 64.6. The molecule has 0 spiro atoms. The van der Waals surface area contributed by atoms with Crippen LogP contribution in [0.1, 0.15) is 26.7 Å². The molecule has 7 heavy (non-hydrogen) atoms. The lowest BCUT2D eigenvalue weighted by Crippen LogP contribution is -1.75. The molecule has 0 unspecified atom stereocenters. The van der Waals surface area contributed by atoms with E-state index in [1.54, 1.807) is 6.08 Å². The molecule has 1 nitrogen and oxygen atoms in total. The van der Waals surface area contributed by atoms with Gasteiger partial charge in [0, 0.05) is 6.42 Å². The first-order chi connectivity index (χ1) is 3.31. The Labute approximate surface area is 44.7 Å². The van der Waals surface area contributed by atoms with E-state index in [0.29, 0.717) is 5.76 Å². The van der Waals surface area contributed by atoms with E-state index >= 15 is 0 Å². The second kappa shape index (κ2) is 3.72. The number of hydrogen-bond acceptors (Lipinski definition) is 1. The smallest absolute Gasteiger partial charge is 0.0879 e. The van der Waals surface area contributed by atoms with Crippen molar-refractivity contribution in [3.8, 4) is 0 Å². The van der Waals surface area contributed by atoms with Gasteiger partial charge in [-0.05, 0) is 19.4 Å².